The lowest BCUT2D eigenvalue weighted by atomic mass is 10.2. The van der Waals surface area contributed by atoms with Gasteiger partial charge in [-0.2, -0.15) is 0 Å². The Morgan fingerprint density at radius 3 is 2.95 bits per heavy atom. The number of thiazole rings is 1. The van der Waals surface area contributed by atoms with Crippen molar-refractivity contribution in [3.05, 3.63) is 49.4 Å². The first-order valence-corrected chi connectivity index (χ1v) is 7.17. The van der Waals surface area contributed by atoms with Crippen LogP contribution >= 0.6 is 22.9 Å². The summed E-state index contributed by atoms with van der Waals surface area (Å²) < 4.78 is 0. The number of non-ortho nitro benzene ring substituents is 1. The van der Waals surface area contributed by atoms with E-state index < -0.39 is 10.8 Å². The third-order valence-corrected chi connectivity index (χ3v) is 3.79. The fraction of sp³-hybridized carbons (Fsp3) is 0.167. The van der Waals surface area contributed by atoms with E-state index in [0.717, 1.165) is 5.01 Å². The molecule has 1 amide bonds. The molecule has 0 spiro atoms. The molecule has 0 saturated carbocycles. The molecule has 0 aliphatic rings. The van der Waals surface area contributed by atoms with Crippen LogP contribution in [0.3, 0.4) is 0 Å². The Morgan fingerprint density at radius 2 is 2.29 bits per heavy atom. The van der Waals surface area contributed by atoms with Gasteiger partial charge in [0.1, 0.15) is 5.69 Å². The molecule has 1 heterocycles. The fourth-order valence-corrected chi connectivity index (χ4v) is 2.52. The average Bonchev–Trinajstić information content (AvgIpc) is 2.90. The first-order chi connectivity index (χ1) is 10.0. The lowest BCUT2D eigenvalue weighted by Gasteiger charge is -2.05. The lowest BCUT2D eigenvalue weighted by Crippen LogP contribution is -2.13. The van der Waals surface area contributed by atoms with E-state index in [1.807, 2.05) is 0 Å². The van der Waals surface area contributed by atoms with Crippen LogP contribution < -0.4 is 11.1 Å². The Morgan fingerprint density at radius 1 is 1.52 bits per heavy atom. The number of carbonyl (C=O) groups excluding carboxylic acids is 1. The number of nitrogens with zero attached hydrogens (tertiary/aromatic N) is 2. The molecular weight excluding hydrogens is 316 g/mol. The van der Waals surface area contributed by atoms with E-state index in [-0.39, 0.29) is 22.1 Å². The molecule has 1 aromatic carbocycles. The van der Waals surface area contributed by atoms with Crippen molar-refractivity contribution in [3.8, 4) is 0 Å². The summed E-state index contributed by atoms with van der Waals surface area (Å²) in [5, 5.41) is 15.8. The maximum Gasteiger partial charge on any atom is 0.275 e. The summed E-state index contributed by atoms with van der Waals surface area (Å²) in [6.07, 6.45) is 0.593. The topological polar surface area (TPSA) is 111 Å². The number of nitro groups is 1. The summed E-state index contributed by atoms with van der Waals surface area (Å²) in [6, 6.07) is 3.82. The highest BCUT2D eigenvalue weighted by Gasteiger charge is 2.15. The average molecular weight is 327 g/mol. The van der Waals surface area contributed by atoms with E-state index in [2.05, 4.69) is 10.3 Å². The highest BCUT2D eigenvalue weighted by molar-refractivity contribution is 7.09. The minimum atomic E-state index is -0.561. The molecule has 0 aliphatic heterocycles. The van der Waals surface area contributed by atoms with Gasteiger partial charge in [-0.05, 0) is 12.6 Å². The fourth-order valence-electron chi connectivity index (χ4n) is 1.56. The van der Waals surface area contributed by atoms with Crippen molar-refractivity contribution in [3.63, 3.8) is 0 Å². The molecule has 0 saturated heterocycles. The van der Waals surface area contributed by atoms with Crippen LogP contribution in [0.4, 0.5) is 11.4 Å². The van der Waals surface area contributed by atoms with E-state index >= 15 is 0 Å². The van der Waals surface area contributed by atoms with Crippen LogP contribution in [0.1, 0.15) is 15.5 Å². The highest BCUT2D eigenvalue weighted by Crippen LogP contribution is 2.27. The molecule has 0 aliphatic carbocycles. The van der Waals surface area contributed by atoms with E-state index in [1.165, 1.54) is 29.5 Å². The van der Waals surface area contributed by atoms with Crippen molar-refractivity contribution in [2.24, 2.45) is 5.73 Å². The molecule has 0 atom stereocenters. The number of anilines is 1. The number of nitrogens with one attached hydrogen (secondary N) is 1. The van der Waals surface area contributed by atoms with Crippen molar-refractivity contribution in [2.75, 3.05) is 11.9 Å². The number of nitrogens with two attached hydrogens (primary N) is 1. The number of aromatic nitrogens is 1. The van der Waals surface area contributed by atoms with Gasteiger partial charge in [0.05, 0.1) is 20.6 Å². The molecule has 0 bridgehead atoms. The third-order valence-electron chi connectivity index (χ3n) is 2.55. The van der Waals surface area contributed by atoms with Gasteiger partial charge in [0.15, 0.2) is 0 Å². The smallest absolute Gasteiger partial charge is 0.275 e. The molecule has 0 fully saturated rings. The Kier molecular flexibility index (Phi) is 4.84. The summed E-state index contributed by atoms with van der Waals surface area (Å²) in [5.41, 5.74) is 5.66. The standard InChI is InChI=1S/C12H11ClN4O3S/c13-8-2-1-7(17(19)20)5-9(8)16-12(18)10-6-21-11(15-10)3-4-14/h1-2,5-6H,3-4,14H2,(H,16,18). The largest absolute Gasteiger partial charge is 0.330 e. The van der Waals surface area contributed by atoms with Crippen molar-refractivity contribution in [2.45, 2.75) is 6.42 Å². The molecule has 0 radical (unpaired) electrons. The number of amides is 1. The van der Waals surface area contributed by atoms with Crippen LogP contribution in [-0.4, -0.2) is 22.4 Å². The van der Waals surface area contributed by atoms with Crippen LogP contribution in [0.15, 0.2) is 23.6 Å². The molecular formula is C12H11ClN4O3S. The van der Waals surface area contributed by atoms with Gasteiger partial charge >= 0.3 is 0 Å². The highest BCUT2D eigenvalue weighted by atomic mass is 35.5. The summed E-state index contributed by atoms with van der Waals surface area (Å²) >= 11 is 7.25. The molecule has 2 rings (SSSR count). The van der Waals surface area contributed by atoms with Crippen LogP contribution in [0.2, 0.25) is 5.02 Å². The van der Waals surface area contributed by atoms with Crippen molar-refractivity contribution in [1.82, 2.24) is 4.98 Å². The Labute approximate surface area is 128 Å². The maximum atomic E-state index is 12.0. The minimum Gasteiger partial charge on any atom is -0.330 e. The SMILES string of the molecule is NCCc1nc(C(=O)Nc2cc([N+](=O)[O-])ccc2Cl)cs1. The normalized spacial score (nSPS) is 10.4. The zero-order chi connectivity index (χ0) is 15.4. The van der Waals surface area contributed by atoms with E-state index in [1.54, 1.807) is 5.38 Å². The Hall–Kier alpha value is -2.03. The molecule has 21 heavy (non-hydrogen) atoms. The van der Waals surface area contributed by atoms with Crippen molar-refractivity contribution < 1.29 is 9.72 Å². The summed E-state index contributed by atoms with van der Waals surface area (Å²) in [4.78, 5) is 26.3. The van der Waals surface area contributed by atoms with E-state index in [4.69, 9.17) is 17.3 Å². The second kappa shape index (κ2) is 6.61. The van der Waals surface area contributed by atoms with Gasteiger partial charge in [-0.1, -0.05) is 11.6 Å². The number of hydrogen-bond acceptors (Lipinski definition) is 6. The molecule has 3 N–H and O–H groups in total. The number of benzene rings is 1. The molecule has 7 nitrogen and oxygen atoms in total. The molecule has 9 heteroatoms. The van der Waals surface area contributed by atoms with Crippen LogP contribution in [0, 0.1) is 10.1 Å². The zero-order valence-electron chi connectivity index (χ0n) is 10.7. The van der Waals surface area contributed by atoms with Gasteiger partial charge < -0.3 is 11.1 Å². The second-order valence-electron chi connectivity index (χ2n) is 4.04. The monoisotopic (exact) mass is 326 g/mol. The number of carbonyl (C=O) groups is 1. The predicted octanol–water partition coefficient (Wildman–Crippen LogP) is 2.46. The Balaban J connectivity index is 2.18. The van der Waals surface area contributed by atoms with Gasteiger partial charge in [0.2, 0.25) is 0 Å². The molecule has 0 unspecified atom stereocenters. The number of rotatable bonds is 5. The predicted molar refractivity (Wildman–Crippen MR) is 80.9 cm³/mol. The summed E-state index contributed by atoms with van der Waals surface area (Å²) in [6.45, 7) is 0.450. The first-order valence-electron chi connectivity index (χ1n) is 5.91. The van der Waals surface area contributed by atoms with Crippen molar-refractivity contribution >= 4 is 40.2 Å². The Bertz CT molecular complexity index is 689. The van der Waals surface area contributed by atoms with Crippen LogP contribution in [-0.2, 0) is 6.42 Å². The minimum absolute atomic E-state index is 0.156. The summed E-state index contributed by atoms with van der Waals surface area (Å²) in [5.74, 6) is -0.475. The van der Waals surface area contributed by atoms with Gasteiger partial charge in [-0.25, -0.2) is 4.98 Å². The zero-order valence-corrected chi connectivity index (χ0v) is 12.3. The number of hydrogen-bond donors (Lipinski definition) is 2. The first kappa shape index (κ1) is 15.4. The van der Waals surface area contributed by atoms with Gasteiger partial charge in [-0.15, -0.1) is 11.3 Å². The molecule has 2 aromatic rings. The van der Waals surface area contributed by atoms with Crippen LogP contribution in [0.25, 0.3) is 0 Å². The lowest BCUT2D eigenvalue weighted by molar-refractivity contribution is -0.384. The number of nitro benzene ring substituents is 1. The quantitative estimate of drug-likeness (QED) is 0.647. The number of halogens is 1. The van der Waals surface area contributed by atoms with Gasteiger partial charge in [-0.3, -0.25) is 14.9 Å². The molecule has 110 valence electrons. The van der Waals surface area contributed by atoms with Gasteiger partial charge in [0.25, 0.3) is 11.6 Å². The van der Waals surface area contributed by atoms with Crippen molar-refractivity contribution in [1.29, 1.82) is 0 Å². The summed E-state index contributed by atoms with van der Waals surface area (Å²) in [7, 11) is 0. The van der Waals surface area contributed by atoms with E-state index in [9.17, 15) is 14.9 Å². The second-order valence-corrected chi connectivity index (χ2v) is 5.39. The third kappa shape index (κ3) is 3.75. The maximum absolute atomic E-state index is 12.0. The van der Waals surface area contributed by atoms with E-state index in [0.29, 0.717) is 13.0 Å². The van der Waals surface area contributed by atoms with Gasteiger partial charge in [0, 0.05) is 23.9 Å². The molecule has 1 aromatic heterocycles. The van der Waals surface area contributed by atoms with Crippen LogP contribution in [0.5, 0.6) is 0 Å².